The number of furan rings is 1. The van der Waals surface area contributed by atoms with Gasteiger partial charge in [-0.2, -0.15) is 4.98 Å². The monoisotopic (exact) mass is 361 g/mol. The van der Waals surface area contributed by atoms with Crippen molar-refractivity contribution in [1.82, 2.24) is 20.4 Å². The van der Waals surface area contributed by atoms with Gasteiger partial charge in [-0.05, 0) is 27.0 Å². The standard InChI is InChI=1S/C16H19N5O3S/c1-9(17-3)6-13-19-14(24-21-13)7-11-8-25-16(18-11)20-15(22)12-4-5-23-10(12)2/h4-5,8-9,17H,6-7H2,1-3H3,(H,18,20,22). The fourth-order valence-electron chi connectivity index (χ4n) is 2.21. The van der Waals surface area contributed by atoms with Gasteiger partial charge >= 0.3 is 0 Å². The summed E-state index contributed by atoms with van der Waals surface area (Å²) >= 11 is 1.35. The van der Waals surface area contributed by atoms with Crippen LogP contribution >= 0.6 is 11.3 Å². The molecule has 0 aromatic carbocycles. The van der Waals surface area contributed by atoms with Gasteiger partial charge in [0.05, 0.1) is 23.9 Å². The second-order valence-corrected chi connectivity index (χ2v) is 6.52. The van der Waals surface area contributed by atoms with E-state index in [0.29, 0.717) is 41.0 Å². The van der Waals surface area contributed by atoms with Gasteiger partial charge in [-0.25, -0.2) is 4.98 Å². The highest BCUT2D eigenvalue weighted by molar-refractivity contribution is 7.14. The zero-order chi connectivity index (χ0) is 17.8. The first kappa shape index (κ1) is 17.3. The summed E-state index contributed by atoms with van der Waals surface area (Å²) < 4.78 is 10.4. The number of likely N-dealkylation sites (N-methyl/N-ethyl adjacent to an activating group) is 1. The molecule has 0 saturated heterocycles. The van der Waals surface area contributed by atoms with Gasteiger partial charge in [0.25, 0.3) is 5.91 Å². The third-order valence-electron chi connectivity index (χ3n) is 3.70. The molecular weight excluding hydrogens is 342 g/mol. The van der Waals surface area contributed by atoms with E-state index < -0.39 is 0 Å². The molecule has 132 valence electrons. The summed E-state index contributed by atoms with van der Waals surface area (Å²) in [5, 5.41) is 12.2. The number of nitrogens with one attached hydrogen (secondary N) is 2. The zero-order valence-corrected chi connectivity index (χ0v) is 15.0. The van der Waals surface area contributed by atoms with Gasteiger partial charge in [-0.15, -0.1) is 11.3 Å². The predicted octanol–water partition coefficient (Wildman–Crippen LogP) is 2.42. The fraction of sp³-hybridized carbons (Fsp3) is 0.375. The first-order valence-corrected chi connectivity index (χ1v) is 8.71. The highest BCUT2D eigenvalue weighted by atomic mass is 32.1. The maximum atomic E-state index is 12.1. The summed E-state index contributed by atoms with van der Waals surface area (Å²) in [4.78, 5) is 20.9. The van der Waals surface area contributed by atoms with Crippen LogP contribution in [0.4, 0.5) is 5.13 Å². The minimum Gasteiger partial charge on any atom is -0.469 e. The van der Waals surface area contributed by atoms with Crippen LogP contribution in [0.15, 0.2) is 26.6 Å². The lowest BCUT2D eigenvalue weighted by Gasteiger charge is -2.04. The minimum atomic E-state index is -0.242. The third-order valence-corrected chi connectivity index (χ3v) is 4.51. The zero-order valence-electron chi connectivity index (χ0n) is 14.2. The molecule has 1 amide bonds. The van der Waals surface area contributed by atoms with Crippen molar-refractivity contribution in [1.29, 1.82) is 0 Å². The first-order chi connectivity index (χ1) is 12.0. The molecule has 1 atom stereocenters. The summed E-state index contributed by atoms with van der Waals surface area (Å²) in [5.41, 5.74) is 1.26. The molecule has 3 rings (SSSR count). The van der Waals surface area contributed by atoms with Crippen molar-refractivity contribution in [2.24, 2.45) is 0 Å². The molecule has 0 bridgehead atoms. The smallest absolute Gasteiger partial charge is 0.260 e. The van der Waals surface area contributed by atoms with Crippen molar-refractivity contribution in [3.8, 4) is 0 Å². The Kier molecular flexibility index (Phi) is 5.25. The van der Waals surface area contributed by atoms with E-state index in [0.717, 1.165) is 5.69 Å². The van der Waals surface area contributed by atoms with Crippen LogP contribution in [-0.2, 0) is 12.8 Å². The van der Waals surface area contributed by atoms with Crippen molar-refractivity contribution < 1.29 is 13.7 Å². The summed E-state index contributed by atoms with van der Waals surface area (Å²) in [6.07, 6.45) is 2.61. The number of nitrogens with zero attached hydrogens (tertiary/aromatic N) is 3. The van der Waals surface area contributed by atoms with E-state index in [1.807, 2.05) is 19.4 Å². The quantitative estimate of drug-likeness (QED) is 0.665. The van der Waals surface area contributed by atoms with Crippen LogP contribution in [0.1, 0.15) is 40.5 Å². The molecule has 3 aromatic rings. The molecule has 8 nitrogen and oxygen atoms in total. The number of amides is 1. The molecule has 0 aliphatic heterocycles. The van der Waals surface area contributed by atoms with E-state index >= 15 is 0 Å². The van der Waals surface area contributed by atoms with Gasteiger partial charge in [-0.1, -0.05) is 5.16 Å². The number of carbonyl (C=O) groups excluding carboxylic acids is 1. The van der Waals surface area contributed by atoms with Gasteiger partial charge in [-0.3, -0.25) is 10.1 Å². The largest absolute Gasteiger partial charge is 0.469 e. The van der Waals surface area contributed by atoms with Crippen LogP contribution in [0, 0.1) is 6.92 Å². The fourth-order valence-corrected chi connectivity index (χ4v) is 2.91. The SMILES string of the molecule is CNC(C)Cc1noc(Cc2csc(NC(=O)c3ccoc3C)n2)n1. The van der Waals surface area contributed by atoms with Gasteiger partial charge < -0.3 is 14.3 Å². The molecule has 0 aliphatic carbocycles. The lowest BCUT2D eigenvalue weighted by atomic mass is 10.2. The average molecular weight is 361 g/mol. The van der Waals surface area contributed by atoms with Crippen LogP contribution in [-0.4, -0.2) is 34.1 Å². The molecule has 25 heavy (non-hydrogen) atoms. The Morgan fingerprint density at radius 1 is 1.40 bits per heavy atom. The molecule has 3 heterocycles. The molecule has 0 fully saturated rings. The average Bonchev–Trinajstić information content (AvgIpc) is 3.30. The third kappa shape index (κ3) is 4.31. The van der Waals surface area contributed by atoms with Crippen molar-refractivity contribution in [2.75, 3.05) is 12.4 Å². The lowest BCUT2D eigenvalue weighted by Crippen LogP contribution is -2.24. The summed E-state index contributed by atoms with van der Waals surface area (Å²) in [7, 11) is 1.89. The Bertz CT molecular complexity index is 853. The topological polar surface area (TPSA) is 106 Å². The number of hydrogen-bond acceptors (Lipinski definition) is 8. The van der Waals surface area contributed by atoms with Crippen molar-refractivity contribution in [2.45, 2.75) is 32.7 Å². The molecule has 9 heteroatoms. The predicted molar refractivity (Wildman–Crippen MR) is 92.8 cm³/mol. The second-order valence-electron chi connectivity index (χ2n) is 5.66. The summed E-state index contributed by atoms with van der Waals surface area (Å²) in [6, 6.07) is 1.91. The molecule has 0 radical (unpaired) electrons. The normalized spacial score (nSPS) is 12.3. The van der Waals surface area contributed by atoms with Crippen LogP contribution in [0.5, 0.6) is 0 Å². The van der Waals surface area contributed by atoms with Crippen molar-refractivity contribution >= 4 is 22.4 Å². The Morgan fingerprint density at radius 2 is 2.24 bits per heavy atom. The number of hydrogen-bond donors (Lipinski definition) is 2. The molecular formula is C16H19N5O3S. The van der Waals surface area contributed by atoms with Crippen LogP contribution < -0.4 is 10.6 Å². The van der Waals surface area contributed by atoms with E-state index in [1.54, 1.807) is 13.0 Å². The molecule has 2 N–H and O–H groups in total. The van der Waals surface area contributed by atoms with Crippen molar-refractivity contribution in [3.05, 3.63) is 46.4 Å². The van der Waals surface area contributed by atoms with E-state index in [2.05, 4.69) is 25.8 Å². The van der Waals surface area contributed by atoms with Gasteiger partial charge in [0.15, 0.2) is 11.0 Å². The summed E-state index contributed by atoms with van der Waals surface area (Å²) in [5.74, 6) is 1.50. The molecule has 1 unspecified atom stereocenters. The number of anilines is 1. The highest BCUT2D eigenvalue weighted by Gasteiger charge is 2.15. The van der Waals surface area contributed by atoms with E-state index in [9.17, 15) is 4.79 Å². The molecule has 0 spiro atoms. The highest BCUT2D eigenvalue weighted by Crippen LogP contribution is 2.19. The molecule has 3 aromatic heterocycles. The number of thiazole rings is 1. The second kappa shape index (κ2) is 7.58. The maximum absolute atomic E-state index is 12.1. The maximum Gasteiger partial charge on any atom is 0.260 e. The first-order valence-electron chi connectivity index (χ1n) is 7.83. The van der Waals surface area contributed by atoms with Crippen LogP contribution in [0.2, 0.25) is 0 Å². The number of aryl methyl sites for hydroxylation is 1. The number of rotatable bonds is 7. The van der Waals surface area contributed by atoms with E-state index in [1.165, 1.54) is 17.6 Å². The Hall–Kier alpha value is -2.52. The van der Waals surface area contributed by atoms with Crippen molar-refractivity contribution in [3.63, 3.8) is 0 Å². The molecule has 0 aliphatic rings. The Labute approximate surface area is 148 Å². The van der Waals surface area contributed by atoms with Gasteiger partial charge in [0.2, 0.25) is 5.89 Å². The number of aromatic nitrogens is 3. The van der Waals surface area contributed by atoms with Gasteiger partial charge in [0.1, 0.15) is 5.76 Å². The van der Waals surface area contributed by atoms with E-state index in [4.69, 9.17) is 8.94 Å². The van der Waals surface area contributed by atoms with E-state index in [-0.39, 0.29) is 11.9 Å². The minimum absolute atomic E-state index is 0.242. The number of carbonyl (C=O) groups is 1. The Morgan fingerprint density at radius 3 is 2.96 bits per heavy atom. The van der Waals surface area contributed by atoms with Crippen LogP contribution in [0.3, 0.4) is 0 Å². The Balaban J connectivity index is 1.60. The summed E-state index contributed by atoms with van der Waals surface area (Å²) in [6.45, 7) is 3.79. The van der Waals surface area contributed by atoms with Crippen LogP contribution in [0.25, 0.3) is 0 Å². The lowest BCUT2D eigenvalue weighted by molar-refractivity contribution is 0.102. The van der Waals surface area contributed by atoms with Gasteiger partial charge in [0, 0.05) is 17.8 Å². The molecule has 0 saturated carbocycles.